The Morgan fingerprint density at radius 2 is 2.14 bits per heavy atom. The Labute approximate surface area is 137 Å². The van der Waals surface area contributed by atoms with Gasteiger partial charge in [-0.2, -0.15) is 0 Å². The highest BCUT2D eigenvalue weighted by molar-refractivity contribution is 9.10. The van der Waals surface area contributed by atoms with E-state index in [1.165, 1.54) is 6.20 Å². The largest absolute Gasteiger partial charge is 0.372 e. The predicted octanol–water partition coefficient (Wildman–Crippen LogP) is 4.35. The molecule has 21 heavy (non-hydrogen) atoms. The quantitative estimate of drug-likeness (QED) is 0.843. The number of benzene rings is 1. The molecule has 0 bridgehead atoms. The highest BCUT2D eigenvalue weighted by Gasteiger charge is 2.11. The lowest BCUT2D eigenvalue weighted by molar-refractivity contribution is 0.102. The van der Waals surface area contributed by atoms with Crippen molar-refractivity contribution in [3.63, 3.8) is 0 Å². The second kappa shape index (κ2) is 6.91. The minimum atomic E-state index is -0.232. The van der Waals surface area contributed by atoms with E-state index in [9.17, 15) is 4.79 Å². The fraction of sp³-hybridized carbons (Fsp3) is 0.200. The third-order valence-corrected chi connectivity index (χ3v) is 3.82. The molecule has 0 saturated heterocycles. The smallest absolute Gasteiger partial charge is 0.257 e. The van der Waals surface area contributed by atoms with Crippen molar-refractivity contribution in [2.45, 2.75) is 13.3 Å². The number of amides is 1. The first kappa shape index (κ1) is 15.8. The summed E-state index contributed by atoms with van der Waals surface area (Å²) in [6, 6.07) is 7.35. The highest BCUT2D eigenvalue weighted by Crippen LogP contribution is 2.23. The summed E-state index contributed by atoms with van der Waals surface area (Å²) in [6.07, 6.45) is 2.32. The number of aryl methyl sites for hydroxylation is 1. The predicted molar refractivity (Wildman–Crippen MR) is 90.3 cm³/mol. The number of rotatable bonds is 4. The molecule has 0 radical (unpaired) electrons. The van der Waals surface area contributed by atoms with E-state index in [0.717, 1.165) is 22.1 Å². The van der Waals surface area contributed by atoms with Crippen molar-refractivity contribution in [3.8, 4) is 0 Å². The van der Waals surface area contributed by atoms with Crippen molar-refractivity contribution in [2.24, 2.45) is 0 Å². The van der Waals surface area contributed by atoms with E-state index in [2.05, 4.69) is 31.5 Å². The molecule has 110 valence electrons. The summed E-state index contributed by atoms with van der Waals surface area (Å²) < 4.78 is 0.987. The number of hydrogen-bond donors (Lipinski definition) is 2. The number of anilines is 2. The summed E-state index contributed by atoms with van der Waals surface area (Å²) in [6.45, 7) is 2.04. The molecule has 1 aromatic carbocycles. The second-order valence-electron chi connectivity index (χ2n) is 4.41. The molecule has 1 aromatic heterocycles. The lowest BCUT2D eigenvalue weighted by Gasteiger charge is -2.11. The number of carbonyl (C=O) groups excluding carboxylic acids is 1. The van der Waals surface area contributed by atoms with Crippen LogP contribution >= 0.6 is 27.5 Å². The molecule has 2 N–H and O–H groups in total. The molecule has 0 unspecified atom stereocenters. The third-order valence-electron chi connectivity index (χ3n) is 3.04. The van der Waals surface area contributed by atoms with E-state index in [4.69, 9.17) is 11.6 Å². The van der Waals surface area contributed by atoms with Crippen LogP contribution in [-0.4, -0.2) is 17.9 Å². The van der Waals surface area contributed by atoms with Gasteiger partial charge in [-0.25, -0.2) is 4.98 Å². The van der Waals surface area contributed by atoms with Crippen molar-refractivity contribution >= 4 is 44.9 Å². The standard InChI is InChI=1S/C15H15BrClN3O/c1-3-9-6-11(16)4-5-13(9)20-15(21)10-7-12(17)14(18-2)19-8-10/h4-8H,3H2,1-2H3,(H,18,19)(H,20,21). The summed E-state index contributed by atoms with van der Waals surface area (Å²) in [5.41, 5.74) is 2.27. The second-order valence-corrected chi connectivity index (χ2v) is 5.74. The van der Waals surface area contributed by atoms with Gasteiger partial charge < -0.3 is 10.6 Å². The van der Waals surface area contributed by atoms with Crippen molar-refractivity contribution in [1.29, 1.82) is 0 Å². The van der Waals surface area contributed by atoms with Gasteiger partial charge in [0.15, 0.2) is 0 Å². The van der Waals surface area contributed by atoms with Crippen molar-refractivity contribution in [2.75, 3.05) is 17.7 Å². The highest BCUT2D eigenvalue weighted by atomic mass is 79.9. The van der Waals surface area contributed by atoms with Gasteiger partial charge in [0, 0.05) is 23.4 Å². The van der Waals surface area contributed by atoms with Crippen molar-refractivity contribution in [3.05, 3.63) is 51.1 Å². The van der Waals surface area contributed by atoms with Crippen molar-refractivity contribution in [1.82, 2.24) is 4.98 Å². The Morgan fingerprint density at radius 3 is 2.76 bits per heavy atom. The fourth-order valence-electron chi connectivity index (χ4n) is 1.92. The first-order chi connectivity index (χ1) is 10.0. The van der Waals surface area contributed by atoms with Crippen LogP contribution < -0.4 is 10.6 Å². The molecule has 0 aliphatic heterocycles. The lowest BCUT2D eigenvalue weighted by atomic mass is 10.1. The van der Waals surface area contributed by atoms with Crippen LogP contribution in [0, 0.1) is 0 Å². The van der Waals surface area contributed by atoms with Gasteiger partial charge in [-0.1, -0.05) is 34.5 Å². The molecule has 0 atom stereocenters. The van der Waals surface area contributed by atoms with Gasteiger partial charge in [0.1, 0.15) is 5.82 Å². The van der Waals surface area contributed by atoms with Crippen LogP contribution in [0.2, 0.25) is 5.02 Å². The van der Waals surface area contributed by atoms with E-state index < -0.39 is 0 Å². The summed E-state index contributed by atoms with van der Waals surface area (Å²) >= 11 is 9.47. The summed E-state index contributed by atoms with van der Waals surface area (Å²) in [7, 11) is 1.73. The maximum atomic E-state index is 12.3. The SMILES string of the molecule is CCc1cc(Br)ccc1NC(=O)c1cnc(NC)c(Cl)c1. The topological polar surface area (TPSA) is 54.0 Å². The maximum absolute atomic E-state index is 12.3. The van der Waals surface area contributed by atoms with E-state index in [0.29, 0.717) is 16.4 Å². The number of nitrogens with zero attached hydrogens (tertiary/aromatic N) is 1. The molecule has 6 heteroatoms. The molecular formula is C15H15BrClN3O. The van der Waals surface area contributed by atoms with Gasteiger partial charge in [0.2, 0.25) is 0 Å². The van der Waals surface area contributed by atoms with Crippen LogP contribution in [0.15, 0.2) is 34.9 Å². The number of nitrogens with one attached hydrogen (secondary N) is 2. The Hall–Kier alpha value is -1.59. The Kier molecular flexibility index (Phi) is 5.20. The van der Waals surface area contributed by atoms with Crippen LogP contribution in [0.3, 0.4) is 0 Å². The number of halogens is 2. The number of hydrogen-bond acceptors (Lipinski definition) is 3. The van der Waals surface area contributed by atoms with E-state index >= 15 is 0 Å². The first-order valence-corrected chi connectivity index (χ1v) is 7.65. The van der Waals surface area contributed by atoms with Gasteiger partial charge in [-0.15, -0.1) is 0 Å². The Balaban J connectivity index is 2.24. The van der Waals surface area contributed by atoms with Gasteiger partial charge >= 0.3 is 0 Å². The minimum absolute atomic E-state index is 0.232. The Morgan fingerprint density at radius 1 is 1.38 bits per heavy atom. The molecule has 2 aromatic rings. The molecule has 0 aliphatic rings. The molecular weight excluding hydrogens is 354 g/mol. The van der Waals surface area contributed by atoms with Crippen LogP contribution in [0.4, 0.5) is 11.5 Å². The average molecular weight is 369 g/mol. The first-order valence-electron chi connectivity index (χ1n) is 6.48. The van der Waals surface area contributed by atoms with Gasteiger partial charge in [-0.3, -0.25) is 4.79 Å². The monoisotopic (exact) mass is 367 g/mol. The fourth-order valence-corrected chi connectivity index (χ4v) is 2.59. The van der Waals surface area contributed by atoms with Crippen molar-refractivity contribution < 1.29 is 4.79 Å². The molecule has 2 rings (SSSR count). The zero-order valence-corrected chi connectivity index (χ0v) is 14.0. The molecule has 0 fully saturated rings. The average Bonchev–Trinajstić information content (AvgIpc) is 2.48. The van der Waals surface area contributed by atoms with Gasteiger partial charge in [0.25, 0.3) is 5.91 Å². The van der Waals surface area contributed by atoms with Gasteiger partial charge in [-0.05, 0) is 36.2 Å². The third kappa shape index (κ3) is 3.74. The summed E-state index contributed by atoms with van der Waals surface area (Å²) in [5, 5.41) is 6.16. The maximum Gasteiger partial charge on any atom is 0.257 e. The van der Waals surface area contributed by atoms with Crippen LogP contribution in [0.25, 0.3) is 0 Å². The van der Waals surface area contributed by atoms with E-state index in [1.54, 1.807) is 13.1 Å². The molecule has 0 spiro atoms. The Bertz CT molecular complexity index is 676. The van der Waals surface area contributed by atoms with Gasteiger partial charge in [0.05, 0.1) is 10.6 Å². The van der Waals surface area contributed by atoms with Crippen LogP contribution in [0.5, 0.6) is 0 Å². The molecule has 0 saturated carbocycles. The molecule has 4 nitrogen and oxygen atoms in total. The summed E-state index contributed by atoms with van der Waals surface area (Å²) in [4.78, 5) is 16.4. The summed E-state index contributed by atoms with van der Waals surface area (Å²) in [5.74, 6) is 0.315. The minimum Gasteiger partial charge on any atom is -0.372 e. The molecule has 1 heterocycles. The zero-order valence-electron chi connectivity index (χ0n) is 11.7. The van der Waals surface area contributed by atoms with Crippen LogP contribution in [0.1, 0.15) is 22.8 Å². The molecule has 0 aliphatic carbocycles. The number of pyridine rings is 1. The normalized spacial score (nSPS) is 10.3. The number of carbonyl (C=O) groups is 1. The lowest BCUT2D eigenvalue weighted by Crippen LogP contribution is -2.14. The number of aromatic nitrogens is 1. The van der Waals surface area contributed by atoms with Crippen LogP contribution in [-0.2, 0) is 6.42 Å². The molecule has 1 amide bonds. The zero-order chi connectivity index (χ0) is 15.4. The van der Waals surface area contributed by atoms with E-state index in [-0.39, 0.29) is 5.91 Å². The van der Waals surface area contributed by atoms with E-state index in [1.807, 2.05) is 25.1 Å².